The molecule has 0 spiro atoms. The molecule has 0 saturated carbocycles. The lowest BCUT2D eigenvalue weighted by atomic mass is 10.0. The quantitative estimate of drug-likeness (QED) is 0.451. The summed E-state index contributed by atoms with van der Waals surface area (Å²) in [5.41, 5.74) is 2.80. The molecular formula is C20H36. The van der Waals surface area contributed by atoms with Crippen LogP contribution in [0.25, 0.3) is 0 Å². The van der Waals surface area contributed by atoms with Crippen LogP contribution in [0.3, 0.4) is 0 Å². The first-order valence-corrected chi connectivity index (χ1v) is 8.69. The van der Waals surface area contributed by atoms with Crippen molar-refractivity contribution in [3.63, 3.8) is 0 Å². The molecule has 0 saturated heterocycles. The maximum Gasteiger partial charge on any atom is -0.0281 e. The Morgan fingerprint density at radius 1 is 0.850 bits per heavy atom. The molecule has 1 unspecified atom stereocenters. The first-order chi connectivity index (χ1) is 9.63. The van der Waals surface area contributed by atoms with Gasteiger partial charge in [-0.1, -0.05) is 102 Å². The molecule has 20 heavy (non-hydrogen) atoms. The number of hydrogen-bond donors (Lipinski definition) is 0. The molecule has 0 nitrogen and oxygen atoms in total. The van der Waals surface area contributed by atoms with Gasteiger partial charge in [0.25, 0.3) is 0 Å². The van der Waals surface area contributed by atoms with Gasteiger partial charge in [0.15, 0.2) is 0 Å². The molecule has 0 radical (unpaired) electrons. The molecular weight excluding hydrogens is 240 g/mol. The maximum absolute atomic E-state index is 2.35. The van der Waals surface area contributed by atoms with E-state index in [1.165, 1.54) is 62.5 Å². The average Bonchev–Trinajstić information content (AvgIpc) is 2.47. The molecule has 0 aliphatic carbocycles. The van der Waals surface area contributed by atoms with Crippen LogP contribution >= 0.6 is 0 Å². The van der Waals surface area contributed by atoms with Crippen LogP contribution in [0.15, 0.2) is 24.3 Å². The van der Waals surface area contributed by atoms with Crippen LogP contribution in [-0.2, 0) is 6.42 Å². The summed E-state index contributed by atoms with van der Waals surface area (Å²) in [4.78, 5) is 0. The van der Waals surface area contributed by atoms with E-state index in [2.05, 4.69) is 58.9 Å². The molecule has 0 heterocycles. The molecule has 1 aromatic carbocycles. The Morgan fingerprint density at radius 2 is 1.50 bits per heavy atom. The van der Waals surface area contributed by atoms with Gasteiger partial charge < -0.3 is 0 Å². The van der Waals surface area contributed by atoms with Gasteiger partial charge in [-0.2, -0.15) is 0 Å². The average molecular weight is 277 g/mol. The summed E-state index contributed by atoms with van der Waals surface area (Å²) in [7, 11) is 0. The van der Waals surface area contributed by atoms with Crippen molar-refractivity contribution in [3.8, 4) is 0 Å². The van der Waals surface area contributed by atoms with Gasteiger partial charge in [-0.25, -0.2) is 0 Å². The van der Waals surface area contributed by atoms with E-state index in [0.29, 0.717) is 0 Å². The molecule has 0 aliphatic rings. The van der Waals surface area contributed by atoms with Crippen molar-refractivity contribution in [1.29, 1.82) is 0 Å². The summed E-state index contributed by atoms with van der Waals surface area (Å²) in [6.45, 7) is 11.2. The second-order valence-corrected chi connectivity index (χ2v) is 6.10. The number of unbranched alkanes of at least 4 members (excludes halogenated alkanes) is 3. The van der Waals surface area contributed by atoms with Crippen molar-refractivity contribution in [2.45, 2.75) is 86.0 Å². The fourth-order valence-corrected chi connectivity index (χ4v) is 2.17. The van der Waals surface area contributed by atoms with E-state index in [9.17, 15) is 0 Å². The zero-order valence-electron chi connectivity index (χ0n) is 14.5. The Morgan fingerprint density at radius 3 is 2.00 bits per heavy atom. The van der Waals surface area contributed by atoms with Gasteiger partial charge in [0.1, 0.15) is 0 Å². The van der Waals surface area contributed by atoms with Crippen molar-refractivity contribution >= 4 is 0 Å². The third-order valence-corrected chi connectivity index (χ3v) is 3.91. The highest BCUT2D eigenvalue weighted by Gasteiger charge is 1.96. The Bertz CT molecular complexity index is 296. The van der Waals surface area contributed by atoms with Crippen LogP contribution in [0, 0.1) is 12.8 Å². The van der Waals surface area contributed by atoms with Crippen LogP contribution in [0.4, 0.5) is 0 Å². The Balaban J connectivity index is 0.000000361. The van der Waals surface area contributed by atoms with Crippen LogP contribution in [0.2, 0.25) is 0 Å². The third-order valence-electron chi connectivity index (χ3n) is 3.91. The van der Waals surface area contributed by atoms with E-state index in [-0.39, 0.29) is 0 Å². The van der Waals surface area contributed by atoms with Gasteiger partial charge in [-0.3, -0.25) is 0 Å². The minimum absolute atomic E-state index is 0.955. The van der Waals surface area contributed by atoms with E-state index < -0.39 is 0 Å². The highest BCUT2D eigenvalue weighted by molar-refractivity contribution is 5.21. The summed E-state index contributed by atoms with van der Waals surface area (Å²) >= 11 is 0. The molecule has 0 N–H and O–H groups in total. The van der Waals surface area contributed by atoms with E-state index in [0.717, 1.165) is 5.92 Å². The molecule has 1 atom stereocenters. The minimum Gasteiger partial charge on any atom is -0.0654 e. The fraction of sp³-hybridized carbons (Fsp3) is 0.700. The minimum atomic E-state index is 0.955. The highest BCUT2D eigenvalue weighted by Crippen LogP contribution is 2.12. The predicted molar refractivity (Wildman–Crippen MR) is 93.4 cm³/mol. The molecule has 0 heteroatoms. The summed E-state index contributed by atoms with van der Waals surface area (Å²) in [5.74, 6) is 0.955. The summed E-state index contributed by atoms with van der Waals surface area (Å²) in [6, 6.07) is 8.76. The maximum atomic E-state index is 2.35. The highest BCUT2D eigenvalue weighted by atomic mass is 14.0. The molecule has 0 amide bonds. The second-order valence-electron chi connectivity index (χ2n) is 6.10. The van der Waals surface area contributed by atoms with Gasteiger partial charge >= 0.3 is 0 Å². The van der Waals surface area contributed by atoms with Gasteiger partial charge in [0.2, 0.25) is 0 Å². The standard InChI is InChI=1S/C10H14.C10H22/c1-3-4-10-7-5-9(2)6-8-10;1-4-6-7-8-9-10(3)5-2/h5-8H,3-4H2,1-2H3;10H,4-9H2,1-3H3. The van der Waals surface area contributed by atoms with E-state index in [4.69, 9.17) is 0 Å². The largest absolute Gasteiger partial charge is 0.0654 e. The summed E-state index contributed by atoms with van der Waals surface area (Å²) < 4.78 is 0. The number of benzene rings is 1. The third kappa shape index (κ3) is 11.1. The summed E-state index contributed by atoms with van der Waals surface area (Å²) in [6.07, 6.45) is 10.9. The molecule has 0 aromatic heterocycles. The van der Waals surface area contributed by atoms with E-state index in [1.807, 2.05) is 0 Å². The van der Waals surface area contributed by atoms with E-state index >= 15 is 0 Å². The fourth-order valence-electron chi connectivity index (χ4n) is 2.17. The smallest absolute Gasteiger partial charge is 0.0281 e. The van der Waals surface area contributed by atoms with Gasteiger partial charge in [0.05, 0.1) is 0 Å². The molecule has 1 rings (SSSR count). The van der Waals surface area contributed by atoms with Crippen LogP contribution in [0.1, 0.15) is 83.8 Å². The Labute approximate surface area is 128 Å². The predicted octanol–water partition coefficient (Wildman–Crippen LogP) is 6.95. The van der Waals surface area contributed by atoms with Gasteiger partial charge in [0, 0.05) is 0 Å². The lowest BCUT2D eigenvalue weighted by Crippen LogP contribution is -1.91. The normalized spacial score (nSPS) is 11.7. The molecule has 0 bridgehead atoms. The first-order valence-electron chi connectivity index (χ1n) is 8.69. The second kappa shape index (κ2) is 13.2. The molecule has 116 valence electrons. The van der Waals surface area contributed by atoms with Gasteiger partial charge in [-0.05, 0) is 24.8 Å². The van der Waals surface area contributed by atoms with Crippen molar-refractivity contribution in [2.24, 2.45) is 5.92 Å². The lowest BCUT2D eigenvalue weighted by molar-refractivity contribution is 0.477. The van der Waals surface area contributed by atoms with Crippen LogP contribution in [0.5, 0.6) is 0 Å². The molecule has 0 aliphatic heterocycles. The SMILES string of the molecule is CCCCCCC(C)CC.CCCc1ccc(C)cc1. The Kier molecular flexibility index (Phi) is 12.7. The van der Waals surface area contributed by atoms with Crippen LogP contribution < -0.4 is 0 Å². The number of hydrogen-bond acceptors (Lipinski definition) is 0. The topological polar surface area (TPSA) is 0 Å². The lowest BCUT2D eigenvalue weighted by Gasteiger charge is -2.06. The van der Waals surface area contributed by atoms with Gasteiger partial charge in [-0.15, -0.1) is 0 Å². The summed E-state index contributed by atoms with van der Waals surface area (Å²) in [5, 5.41) is 0. The molecule has 0 fully saturated rings. The zero-order valence-corrected chi connectivity index (χ0v) is 14.5. The van der Waals surface area contributed by atoms with Crippen LogP contribution in [-0.4, -0.2) is 0 Å². The Hall–Kier alpha value is -0.780. The van der Waals surface area contributed by atoms with Crippen molar-refractivity contribution in [1.82, 2.24) is 0 Å². The van der Waals surface area contributed by atoms with Crippen molar-refractivity contribution < 1.29 is 0 Å². The van der Waals surface area contributed by atoms with E-state index in [1.54, 1.807) is 0 Å². The number of rotatable bonds is 8. The monoisotopic (exact) mass is 276 g/mol. The zero-order chi connectivity index (χ0) is 15.2. The molecule has 1 aromatic rings. The van der Waals surface area contributed by atoms with Crippen molar-refractivity contribution in [2.75, 3.05) is 0 Å². The first kappa shape index (κ1) is 19.2. The number of aryl methyl sites for hydroxylation is 2. The van der Waals surface area contributed by atoms with Crippen molar-refractivity contribution in [3.05, 3.63) is 35.4 Å².